The van der Waals surface area contributed by atoms with Gasteiger partial charge in [-0.2, -0.15) is 0 Å². The van der Waals surface area contributed by atoms with Crippen molar-refractivity contribution in [3.05, 3.63) is 53.8 Å². The van der Waals surface area contributed by atoms with E-state index in [0.717, 1.165) is 12.8 Å². The van der Waals surface area contributed by atoms with Gasteiger partial charge in [-0.25, -0.2) is 4.39 Å². The smallest absolute Gasteiger partial charge is 0.313 e. The van der Waals surface area contributed by atoms with Gasteiger partial charge in [0.2, 0.25) is 0 Å². The minimum Gasteiger partial charge on any atom is -0.490 e. The minimum atomic E-state index is -0.724. The van der Waals surface area contributed by atoms with Crippen molar-refractivity contribution in [3.63, 3.8) is 0 Å². The molecule has 0 radical (unpaired) electrons. The molecule has 0 aliphatic carbocycles. The Balaban J connectivity index is 1.47. The average Bonchev–Trinajstić information content (AvgIpc) is 3.06. The van der Waals surface area contributed by atoms with Crippen molar-refractivity contribution in [3.8, 4) is 11.5 Å². The summed E-state index contributed by atoms with van der Waals surface area (Å²) in [4.78, 5) is 26.8. The number of benzene rings is 2. The molecule has 2 aromatic rings. The van der Waals surface area contributed by atoms with Crippen molar-refractivity contribution in [1.82, 2.24) is 4.90 Å². The molecule has 1 atom stereocenters. The number of anilines is 1. The average molecular weight is 384 g/mol. The number of ether oxygens (including phenoxy) is 2. The molecule has 1 fully saturated rings. The number of halogens is 1. The lowest BCUT2D eigenvalue weighted by Crippen LogP contribution is -2.39. The summed E-state index contributed by atoms with van der Waals surface area (Å²) < 4.78 is 24.7. The number of rotatable bonds is 2. The molecule has 146 valence electrons. The van der Waals surface area contributed by atoms with Gasteiger partial charge in [0, 0.05) is 24.7 Å². The van der Waals surface area contributed by atoms with Crippen LogP contribution in [0.1, 0.15) is 30.9 Å². The van der Waals surface area contributed by atoms with Crippen LogP contribution in [0.15, 0.2) is 42.5 Å². The summed E-state index contributed by atoms with van der Waals surface area (Å²) in [6, 6.07) is 10.9. The quantitative estimate of drug-likeness (QED) is 0.807. The fourth-order valence-corrected chi connectivity index (χ4v) is 3.63. The number of carbonyl (C=O) groups excluding carboxylic acids is 2. The first-order chi connectivity index (χ1) is 13.6. The second-order valence-corrected chi connectivity index (χ2v) is 6.88. The van der Waals surface area contributed by atoms with E-state index in [-0.39, 0.29) is 11.9 Å². The van der Waals surface area contributed by atoms with Crippen molar-refractivity contribution < 1.29 is 23.5 Å². The van der Waals surface area contributed by atoms with E-state index < -0.39 is 11.8 Å². The Morgan fingerprint density at radius 2 is 1.86 bits per heavy atom. The zero-order chi connectivity index (χ0) is 19.5. The third kappa shape index (κ3) is 3.78. The normalized spacial score (nSPS) is 18.5. The minimum absolute atomic E-state index is 0.294. The molecule has 0 bridgehead atoms. The molecule has 1 N–H and O–H groups in total. The van der Waals surface area contributed by atoms with E-state index in [0.29, 0.717) is 48.9 Å². The maximum Gasteiger partial charge on any atom is 0.313 e. The first kappa shape index (κ1) is 18.3. The largest absolute Gasteiger partial charge is 0.490 e. The van der Waals surface area contributed by atoms with E-state index in [1.807, 2.05) is 0 Å². The van der Waals surface area contributed by atoms with E-state index in [4.69, 9.17) is 9.47 Å². The molecule has 2 aliphatic rings. The van der Waals surface area contributed by atoms with Crippen molar-refractivity contribution in [2.24, 2.45) is 0 Å². The maximum absolute atomic E-state index is 13.6. The number of fused-ring (bicyclic) bond motifs is 1. The van der Waals surface area contributed by atoms with Gasteiger partial charge in [-0.15, -0.1) is 0 Å². The highest BCUT2D eigenvalue weighted by atomic mass is 19.1. The number of nitrogens with zero attached hydrogens (tertiary/aromatic N) is 1. The Labute approximate surface area is 162 Å². The number of amides is 2. The van der Waals surface area contributed by atoms with E-state index in [2.05, 4.69) is 5.32 Å². The Kier molecular flexibility index (Phi) is 5.14. The number of carbonyl (C=O) groups is 2. The maximum atomic E-state index is 13.6. The van der Waals surface area contributed by atoms with Crippen LogP contribution in [-0.2, 0) is 9.59 Å². The van der Waals surface area contributed by atoms with Gasteiger partial charge in [0.05, 0.1) is 19.3 Å². The second kappa shape index (κ2) is 7.88. The highest BCUT2D eigenvalue weighted by Gasteiger charge is 2.33. The molecule has 2 amide bonds. The van der Waals surface area contributed by atoms with Gasteiger partial charge in [0.1, 0.15) is 5.82 Å². The summed E-state index contributed by atoms with van der Waals surface area (Å²) in [7, 11) is 0. The highest BCUT2D eigenvalue weighted by Crippen LogP contribution is 2.34. The molecule has 2 aromatic carbocycles. The SMILES string of the molecule is O=C(Nc1ccc2c(c1)OCCCO2)C(=O)N1CCC[C@H]1c1cccc(F)c1. The van der Waals surface area contributed by atoms with Crippen molar-refractivity contribution >= 4 is 17.5 Å². The molecule has 28 heavy (non-hydrogen) atoms. The third-order valence-electron chi connectivity index (χ3n) is 4.95. The number of nitrogens with one attached hydrogen (secondary N) is 1. The van der Waals surface area contributed by atoms with Crippen LogP contribution in [0.3, 0.4) is 0 Å². The van der Waals surface area contributed by atoms with E-state index in [9.17, 15) is 14.0 Å². The van der Waals surface area contributed by atoms with Gasteiger partial charge in [-0.1, -0.05) is 12.1 Å². The first-order valence-electron chi connectivity index (χ1n) is 9.39. The predicted octanol–water partition coefficient (Wildman–Crippen LogP) is 3.29. The third-order valence-corrected chi connectivity index (χ3v) is 4.95. The lowest BCUT2D eigenvalue weighted by Gasteiger charge is -2.24. The molecular formula is C21H21FN2O4. The van der Waals surface area contributed by atoms with Gasteiger partial charge < -0.3 is 19.7 Å². The standard InChI is InChI=1S/C21H21FN2O4/c22-15-5-1-4-14(12-15)17-6-2-9-24(17)21(26)20(25)23-16-7-8-18-19(13-16)28-11-3-10-27-18/h1,4-5,7-8,12-13,17H,2-3,6,9-11H2,(H,23,25)/t17-/m0/s1. The molecule has 0 saturated carbocycles. The van der Waals surface area contributed by atoms with Crippen molar-refractivity contribution in [1.29, 1.82) is 0 Å². The molecule has 4 rings (SSSR count). The molecule has 2 aliphatic heterocycles. The molecule has 2 heterocycles. The predicted molar refractivity (Wildman–Crippen MR) is 101 cm³/mol. The van der Waals surface area contributed by atoms with Gasteiger partial charge in [0.15, 0.2) is 11.5 Å². The van der Waals surface area contributed by atoms with Crippen LogP contribution in [0.5, 0.6) is 11.5 Å². The number of hydrogen-bond donors (Lipinski definition) is 1. The van der Waals surface area contributed by atoms with Crippen LogP contribution >= 0.6 is 0 Å². The molecule has 0 unspecified atom stereocenters. The Bertz CT molecular complexity index is 902. The molecule has 0 spiro atoms. The summed E-state index contributed by atoms with van der Waals surface area (Å²) in [5, 5.41) is 2.63. The molecule has 6 nitrogen and oxygen atoms in total. The van der Waals surface area contributed by atoms with Crippen LogP contribution < -0.4 is 14.8 Å². The Hall–Kier alpha value is -3.09. The summed E-state index contributed by atoms with van der Waals surface area (Å²) in [5.41, 5.74) is 1.17. The summed E-state index contributed by atoms with van der Waals surface area (Å²) in [6.07, 6.45) is 2.25. The van der Waals surface area contributed by atoms with Gasteiger partial charge in [0.25, 0.3) is 0 Å². The van der Waals surface area contributed by atoms with Crippen LogP contribution in [-0.4, -0.2) is 36.5 Å². The Morgan fingerprint density at radius 3 is 2.68 bits per heavy atom. The molecular weight excluding hydrogens is 363 g/mol. The van der Waals surface area contributed by atoms with Crippen molar-refractivity contribution in [2.45, 2.75) is 25.3 Å². The lowest BCUT2D eigenvalue weighted by molar-refractivity contribution is -0.143. The summed E-state index contributed by atoms with van der Waals surface area (Å²) in [5.74, 6) is -0.542. The zero-order valence-corrected chi connectivity index (χ0v) is 15.3. The van der Waals surface area contributed by atoms with Gasteiger partial charge >= 0.3 is 11.8 Å². The van der Waals surface area contributed by atoms with Crippen LogP contribution in [0.2, 0.25) is 0 Å². The van der Waals surface area contributed by atoms with Crippen molar-refractivity contribution in [2.75, 3.05) is 25.1 Å². The topological polar surface area (TPSA) is 67.9 Å². The van der Waals surface area contributed by atoms with Gasteiger partial charge in [-0.05, 0) is 42.7 Å². The summed E-state index contributed by atoms with van der Waals surface area (Å²) in [6.45, 7) is 1.58. The van der Waals surface area contributed by atoms with E-state index in [1.54, 1.807) is 30.3 Å². The van der Waals surface area contributed by atoms with E-state index in [1.165, 1.54) is 17.0 Å². The van der Waals surface area contributed by atoms with E-state index >= 15 is 0 Å². The monoisotopic (exact) mass is 384 g/mol. The Morgan fingerprint density at radius 1 is 1.04 bits per heavy atom. The van der Waals surface area contributed by atoms with Crippen LogP contribution in [0, 0.1) is 5.82 Å². The molecule has 1 saturated heterocycles. The summed E-state index contributed by atoms with van der Waals surface area (Å²) >= 11 is 0. The number of hydrogen-bond acceptors (Lipinski definition) is 4. The second-order valence-electron chi connectivity index (χ2n) is 6.88. The lowest BCUT2D eigenvalue weighted by atomic mass is 10.0. The number of likely N-dealkylation sites (tertiary alicyclic amines) is 1. The first-order valence-corrected chi connectivity index (χ1v) is 9.39. The van der Waals surface area contributed by atoms with Crippen LogP contribution in [0.4, 0.5) is 10.1 Å². The van der Waals surface area contributed by atoms with Crippen LogP contribution in [0.25, 0.3) is 0 Å². The molecule has 7 heteroatoms. The fraction of sp³-hybridized carbons (Fsp3) is 0.333. The highest BCUT2D eigenvalue weighted by molar-refractivity contribution is 6.39. The molecule has 0 aromatic heterocycles. The van der Waals surface area contributed by atoms with Gasteiger partial charge in [-0.3, -0.25) is 9.59 Å². The zero-order valence-electron chi connectivity index (χ0n) is 15.3. The fourth-order valence-electron chi connectivity index (χ4n) is 3.63.